The molecule has 170 valence electrons. The van der Waals surface area contributed by atoms with Gasteiger partial charge in [-0.1, -0.05) is 54.1 Å². The number of benzene rings is 2. The number of nitrogens with zero attached hydrogens (tertiary/aromatic N) is 3. The van der Waals surface area contributed by atoms with Crippen LogP contribution in [0.4, 0.5) is 5.95 Å². The Morgan fingerprint density at radius 1 is 1.16 bits per heavy atom. The average molecular weight is 457 g/mol. The number of carboxylic acid groups (broad SMARTS) is 1. The summed E-state index contributed by atoms with van der Waals surface area (Å²) < 4.78 is 6.39. The molecule has 0 amide bonds. The Morgan fingerprint density at radius 2 is 1.91 bits per heavy atom. The van der Waals surface area contributed by atoms with Gasteiger partial charge in [-0.3, -0.25) is 0 Å². The van der Waals surface area contributed by atoms with Gasteiger partial charge < -0.3 is 24.4 Å². The Bertz CT molecular complexity index is 1060. The van der Waals surface area contributed by atoms with Gasteiger partial charge in [0.1, 0.15) is 5.15 Å². The largest absolute Gasteiger partial charge is 0.550 e. The Hall–Kier alpha value is -2.90. The van der Waals surface area contributed by atoms with E-state index in [0.29, 0.717) is 23.5 Å². The van der Waals surface area contributed by atoms with E-state index in [2.05, 4.69) is 45.6 Å². The standard InChI is InChI=1S/C24H29ClN4O3/c1-29(2,3)16-19(14-23(30)31)26-24-27-21(25)15-22(28-24)32-13-7-11-18-10-6-9-17-8-4-5-12-20(17)18/h4-6,8-10,12,15,19H,7,11,13-14,16H2,1-3H3,(H-,26,27,28,30,31). The molecule has 2 aromatic carbocycles. The van der Waals surface area contributed by atoms with Crippen molar-refractivity contribution in [3.8, 4) is 5.88 Å². The van der Waals surface area contributed by atoms with Crippen LogP contribution in [0.5, 0.6) is 5.88 Å². The summed E-state index contributed by atoms with van der Waals surface area (Å²) in [7, 11) is 5.94. The molecule has 7 nitrogen and oxygen atoms in total. The molecule has 0 saturated carbocycles. The molecule has 0 fully saturated rings. The van der Waals surface area contributed by atoms with Crippen molar-refractivity contribution < 1.29 is 19.1 Å². The Labute approximate surface area is 193 Å². The average Bonchev–Trinajstić information content (AvgIpc) is 2.69. The smallest absolute Gasteiger partial charge is 0.227 e. The number of aromatic nitrogens is 2. The molecule has 8 heteroatoms. The SMILES string of the molecule is C[N+](C)(C)CC(CC(=O)[O-])Nc1nc(Cl)cc(OCCCc2cccc3ccccc23)n1. The first-order valence-electron chi connectivity index (χ1n) is 10.6. The molecule has 1 N–H and O–H groups in total. The normalized spacial score (nSPS) is 12.5. The van der Waals surface area contributed by atoms with Gasteiger partial charge in [0.05, 0.1) is 40.3 Å². The van der Waals surface area contributed by atoms with Crippen molar-refractivity contribution in [1.82, 2.24) is 9.97 Å². The lowest BCUT2D eigenvalue weighted by atomic mass is 10.0. The third-order valence-electron chi connectivity index (χ3n) is 4.91. The summed E-state index contributed by atoms with van der Waals surface area (Å²) in [5.41, 5.74) is 1.28. The van der Waals surface area contributed by atoms with E-state index in [4.69, 9.17) is 16.3 Å². The summed E-state index contributed by atoms with van der Waals surface area (Å²) in [5.74, 6) is -0.549. The van der Waals surface area contributed by atoms with Crippen LogP contribution in [0.3, 0.4) is 0 Å². The molecule has 1 unspecified atom stereocenters. The van der Waals surface area contributed by atoms with Crippen molar-refractivity contribution in [2.24, 2.45) is 0 Å². The fraction of sp³-hybridized carbons (Fsp3) is 0.375. The second-order valence-corrected chi connectivity index (χ2v) is 9.22. The van der Waals surface area contributed by atoms with E-state index in [1.165, 1.54) is 16.3 Å². The van der Waals surface area contributed by atoms with Gasteiger partial charge in [-0.2, -0.15) is 4.98 Å². The Kier molecular flexibility index (Phi) is 7.88. The topological polar surface area (TPSA) is 87.2 Å². The molecule has 1 heterocycles. The number of aliphatic carboxylic acids is 1. The van der Waals surface area contributed by atoms with Crippen LogP contribution in [-0.4, -0.2) is 60.8 Å². The minimum atomic E-state index is -1.14. The van der Waals surface area contributed by atoms with Crippen molar-refractivity contribution in [3.63, 3.8) is 0 Å². The summed E-state index contributed by atoms with van der Waals surface area (Å²) in [4.78, 5) is 19.7. The van der Waals surface area contributed by atoms with Crippen LogP contribution >= 0.6 is 11.6 Å². The molecule has 32 heavy (non-hydrogen) atoms. The number of likely N-dealkylation sites (N-methyl/N-ethyl adjacent to an activating group) is 1. The number of carbonyl (C=O) groups is 1. The molecule has 0 spiro atoms. The highest BCUT2D eigenvalue weighted by atomic mass is 35.5. The summed E-state index contributed by atoms with van der Waals surface area (Å²) >= 11 is 6.14. The lowest BCUT2D eigenvalue weighted by Gasteiger charge is -2.30. The number of hydrogen-bond donors (Lipinski definition) is 1. The van der Waals surface area contributed by atoms with Crippen LogP contribution in [0.25, 0.3) is 10.8 Å². The number of rotatable bonds is 11. The molecule has 1 aromatic heterocycles. The van der Waals surface area contributed by atoms with Gasteiger partial charge in [0, 0.05) is 18.5 Å². The van der Waals surface area contributed by atoms with Crippen LogP contribution in [-0.2, 0) is 11.2 Å². The van der Waals surface area contributed by atoms with E-state index in [-0.39, 0.29) is 17.5 Å². The first-order valence-corrected chi connectivity index (χ1v) is 11.0. The molecule has 0 aliphatic carbocycles. The Morgan fingerprint density at radius 3 is 2.66 bits per heavy atom. The molecular formula is C24H29ClN4O3. The van der Waals surface area contributed by atoms with Crippen LogP contribution in [0.15, 0.2) is 48.5 Å². The number of halogens is 1. The monoisotopic (exact) mass is 456 g/mol. The molecule has 0 aliphatic heterocycles. The minimum absolute atomic E-state index is 0.160. The molecule has 0 radical (unpaired) electrons. The number of ether oxygens (including phenoxy) is 1. The highest BCUT2D eigenvalue weighted by Crippen LogP contribution is 2.21. The van der Waals surface area contributed by atoms with E-state index in [1.807, 2.05) is 33.3 Å². The predicted molar refractivity (Wildman–Crippen MR) is 125 cm³/mol. The third-order valence-corrected chi connectivity index (χ3v) is 5.10. The lowest BCUT2D eigenvalue weighted by Crippen LogP contribution is -2.46. The number of carboxylic acids is 1. The van der Waals surface area contributed by atoms with Gasteiger partial charge in [0.15, 0.2) is 0 Å². The van der Waals surface area contributed by atoms with Gasteiger partial charge in [-0.05, 0) is 29.2 Å². The number of nitrogens with one attached hydrogen (secondary N) is 1. The van der Waals surface area contributed by atoms with Crippen LogP contribution in [0, 0.1) is 0 Å². The fourth-order valence-corrected chi connectivity index (χ4v) is 3.86. The minimum Gasteiger partial charge on any atom is -0.550 e. The summed E-state index contributed by atoms with van der Waals surface area (Å²) in [6.07, 6.45) is 1.53. The zero-order chi connectivity index (χ0) is 23.1. The number of hydrogen-bond acceptors (Lipinski definition) is 6. The molecule has 0 aliphatic rings. The Balaban J connectivity index is 1.60. The van der Waals surface area contributed by atoms with Crippen LogP contribution in [0.2, 0.25) is 5.15 Å². The number of quaternary nitrogens is 1. The van der Waals surface area contributed by atoms with E-state index in [0.717, 1.165) is 12.8 Å². The summed E-state index contributed by atoms with van der Waals surface area (Å²) in [6.45, 7) is 1.02. The maximum absolute atomic E-state index is 11.1. The van der Waals surface area contributed by atoms with Gasteiger partial charge in [-0.25, -0.2) is 4.98 Å². The first-order chi connectivity index (χ1) is 15.2. The molecule has 1 atom stereocenters. The summed E-state index contributed by atoms with van der Waals surface area (Å²) in [6, 6.07) is 15.8. The maximum atomic E-state index is 11.1. The van der Waals surface area contributed by atoms with Crippen molar-refractivity contribution in [3.05, 3.63) is 59.2 Å². The zero-order valence-electron chi connectivity index (χ0n) is 18.7. The molecule has 3 rings (SSSR count). The van der Waals surface area contributed by atoms with Gasteiger partial charge in [0.25, 0.3) is 0 Å². The molecule has 3 aromatic rings. The van der Waals surface area contributed by atoms with E-state index >= 15 is 0 Å². The predicted octanol–water partition coefficient (Wildman–Crippen LogP) is 2.92. The van der Waals surface area contributed by atoms with Crippen molar-refractivity contribution in [1.29, 1.82) is 0 Å². The zero-order valence-corrected chi connectivity index (χ0v) is 19.4. The fourth-order valence-electron chi connectivity index (χ4n) is 3.69. The molecular weight excluding hydrogens is 428 g/mol. The van der Waals surface area contributed by atoms with E-state index < -0.39 is 12.0 Å². The second kappa shape index (κ2) is 10.6. The number of anilines is 1. The molecule has 0 saturated heterocycles. The van der Waals surface area contributed by atoms with Gasteiger partial charge in [0.2, 0.25) is 11.8 Å². The maximum Gasteiger partial charge on any atom is 0.227 e. The van der Waals surface area contributed by atoms with Crippen LogP contribution in [0.1, 0.15) is 18.4 Å². The van der Waals surface area contributed by atoms with E-state index in [9.17, 15) is 9.90 Å². The van der Waals surface area contributed by atoms with Crippen molar-refractivity contribution in [2.75, 3.05) is 39.6 Å². The third kappa shape index (κ3) is 7.35. The number of aryl methyl sites for hydroxylation is 1. The number of fused-ring (bicyclic) bond motifs is 1. The second-order valence-electron chi connectivity index (χ2n) is 8.83. The van der Waals surface area contributed by atoms with E-state index in [1.54, 1.807) is 6.07 Å². The van der Waals surface area contributed by atoms with Gasteiger partial charge in [-0.15, -0.1) is 0 Å². The molecule has 0 bridgehead atoms. The first kappa shape index (κ1) is 23.8. The van der Waals surface area contributed by atoms with Crippen molar-refractivity contribution in [2.45, 2.75) is 25.3 Å². The summed E-state index contributed by atoms with van der Waals surface area (Å²) in [5, 5.41) is 16.9. The van der Waals surface area contributed by atoms with Crippen LogP contribution < -0.4 is 15.2 Å². The highest BCUT2D eigenvalue weighted by molar-refractivity contribution is 6.29. The number of carbonyl (C=O) groups excluding carboxylic acids is 1. The lowest BCUT2D eigenvalue weighted by molar-refractivity contribution is -0.870. The van der Waals surface area contributed by atoms with Gasteiger partial charge >= 0.3 is 0 Å². The van der Waals surface area contributed by atoms with Crippen molar-refractivity contribution >= 4 is 34.3 Å². The highest BCUT2D eigenvalue weighted by Gasteiger charge is 2.20. The quantitative estimate of drug-likeness (QED) is 0.271.